The molecule has 1 aromatic carbocycles. The molecule has 0 spiro atoms. The Labute approximate surface area is 207 Å². The smallest absolute Gasteiger partial charge is 0.272 e. The first-order chi connectivity index (χ1) is 16.5. The first-order valence-corrected chi connectivity index (χ1v) is 12.1. The zero-order valence-electron chi connectivity index (χ0n) is 19.2. The van der Waals surface area contributed by atoms with Crippen LogP contribution < -0.4 is 4.74 Å². The molecule has 34 heavy (non-hydrogen) atoms. The molecule has 3 aromatic heterocycles. The number of carbonyl (C=O) groups is 1. The third kappa shape index (κ3) is 4.43. The van der Waals surface area contributed by atoms with E-state index in [1.54, 1.807) is 13.2 Å². The summed E-state index contributed by atoms with van der Waals surface area (Å²) < 4.78 is 8.42. The molecule has 0 atom stereocenters. The van der Waals surface area contributed by atoms with Crippen LogP contribution in [0.25, 0.3) is 16.9 Å². The van der Waals surface area contributed by atoms with Crippen LogP contribution in [0.2, 0.25) is 0 Å². The van der Waals surface area contributed by atoms with E-state index in [1.807, 2.05) is 48.2 Å². The number of methoxy groups -OCH3 is 1. The SMILES string of the molecule is COc1ccc(C)c(C(=O)N2CCN(Cc3c(-c4ccc(Br)cc4)nc4ccccn34)CC2)n1. The van der Waals surface area contributed by atoms with Crippen molar-refractivity contribution < 1.29 is 9.53 Å². The molecule has 0 saturated carbocycles. The average molecular weight is 520 g/mol. The maximum Gasteiger partial charge on any atom is 0.272 e. The predicted molar refractivity (Wildman–Crippen MR) is 135 cm³/mol. The Morgan fingerprint density at radius 1 is 1.00 bits per heavy atom. The van der Waals surface area contributed by atoms with Crippen molar-refractivity contribution in [1.82, 2.24) is 24.2 Å². The first-order valence-electron chi connectivity index (χ1n) is 11.3. The summed E-state index contributed by atoms with van der Waals surface area (Å²) in [6.45, 7) is 5.55. The summed E-state index contributed by atoms with van der Waals surface area (Å²) in [4.78, 5) is 26.7. The molecule has 1 saturated heterocycles. The van der Waals surface area contributed by atoms with Crippen LogP contribution in [0, 0.1) is 6.92 Å². The molecule has 174 valence electrons. The maximum atomic E-state index is 13.1. The zero-order chi connectivity index (χ0) is 23.7. The Hall–Kier alpha value is -3.23. The van der Waals surface area contributed by atoms with Gasteiger partial charge in [-0.05, 0) is 36.8 Å². The standard InChI is InChI=1S/C26H26BrN5O2/c1-18-6-11-23(34-2)29-24(18)26(33)31-15-13-30(14-16-31)17-21-25(19-7-9-20(27)10-8-19)28-22-5-3-4-12-32(21)22/h3-12H,13-17H2,1-2H3. The number of aryl methyl sites for hydroxylation is 1. The van der Waals surface area contributed by atoms with Crippen LogP contribution >= 0.6 is 15.9 Å². The van der Waals surface area contributed by atoms with Gasteiger partial charge in [0.2, 0.25) is 5.88 Å². The molecule has 0 aliphatic carbocycles. The van der Waals surface area contributed by atoms with E-state index in [0.29, 0.717) is 24.7 Å². The molecule has 4 aromatic rings. The first kappa shape index (κ1) is 22.6. The van der Waals surface area contributed by atoms with E-state index < -0.39 is 0 Å². The lowest BCUT2D eigenvalue weighted by Gasteiger charge is -2.34. The van der Waals surface area contributed by atoms with Crippen molar-refractivity contribution in [1.29, 1.82) is 0 Å². The average Bonchev–Trinajstić information content (AvgIpc) is 3.23. The minimum absolute atomic E-state index is 0.0404. The second-order valence-electron chi connectivity index (χ2n) is 8.43. The van der Waals surface area contributed by atoms with Crippen LogP contribution in [0.1, 0.15) is 21.7 Å². The van der Waals surface area contributed by atoms with Gasteiger partial charge in [0.25, 0.3) is 5.91 Å². The van der Waals surface area contributed by atoms with Crippen molar-refractivity contribution in [2.45, 2.75) is 13.5 Å². The number of rotatable bonds is 5. The molecule has 1 aliphatic heterocycles. The second kappa shape index (κ2) is 9.56. The van der Waals surface area contributed by atoms with Crippen LogP contribution in [0.4, 0.5) is 0 Å². The summed E-state index contributed by atoms with van der Waals surface area (Å²) >= 11 is 3.52. The fourth-order valence-corrected chi connectivity index (χ4v) is 4.61. The number of benzene rings is 1. The van der Waals surface area contributed by atoms with E-state index in [1.165, 1.54) is 0 Å². The summed E-state index contributed by atoms with van der Waals surface area (Å²) in [6.07, 6.45) is 2.07. The number of piperazine rings is 1. The molecular formula is C26H26BrN5O2. The Kier molecular flexibility index (Phi) is 6.34. The van der Waals surface area contributed by atoms with Gasteiger partial charge in [-0.15, -0.1) is 0 Å². The van der Waals surface area contributed by atoms with E-state index in [-0.39, 0.29) is 5.91 Å². The molecule has 7 nitrogen and oxygen atoms in total. The summed E-state index contributed by atoms with van der Waals surface area (Å²) in [5, 5.41) is 0. The molecule has 1 aliphatic rings. The van der Waals surface area contributed by atoms with Crippen LogP contribution in [-0.2, 0) is 6.54 Å². The fraction of sp³-hybridized carbons (Fsp3) is 0.269. The van der Waals surface area contributed by atoms with Crippen LogP contribution in [0.5, 0.6) is 5.88 Å². The van der Waals surface area contributed by atoms with Gasteiger partial charge >= 0.3 is 0 Å². The molecule has 1 amide bonds. The number of halogens is 1. The van der Waals surface area contributed by atoms with Gasteiger partial charge < -0.3 is 14.0 Å². The highest BCUT2D eigenvalue weighted by molar-refractivity contribution is 9.10. The quantitative estimate of drug-likeness (QED) is 0.390. The van der Waals surface area contributed by atoms with Gasteiger partial charge in [-0.25, -0.2) is 9.97 Å². The minimum atomic E-state index is -0.0404. The second-order valence-corrected chi connectivity index (χ2v) is 9.35. The Morgan fingerprint density at radius 3 is 2.50 bits per heavy atom. The van der Waals surface area contributed by atoms with Gasteiger partial charge in [0.1, 0.15) is 11.3 Å². The highest BCUT2D eigenvalue weighted by Gasteiger charge is 2.26. The van der Waals surface area contributed by atoms with E-state index in [0.717, 1.165) is 52.3 Å². The van der Waals surface area contributed by atoms with Crippen LogP contribution in [0.15, 0.2) is 65.3 Å². The highest BCUT2D eigenvalue weighted by atomic mass is 79.9. The highest BCUT2D eigenvalue weighted by Crippen LogP contribution is 2.27. The predicted octanol–water partition coefficient (Wildman–Crippen LogP) is 4.43. The van der Waals surface area contributed by atoms with Crippen molar-refractivity contribution in [3.63, 3.8) is 0 Å². The molecule has 0 bridgehead atoms. The number of fused-ring (bicyclic) bond motifs is 1. The van der Waals surface area contributed by atoms with E-state index in [2.05, 4.69) is 48.5 Å². The third-order valence-corrected chi connectivity index (χ3v) is 6.79. The summed E-state index contributed by atoms with van der Waals surface area (Å²) in [5.74, 6) is 0.419. The van der Waals surface area contributed by atoms with Crippen molar-refractivity contribution in [2.75, 3.05) is 33.3 Å². The zero-order valence-corrected chi connectivity index (χ0v) is 20.8. The number of imidazole rings is 1. The number of ether oxygens (including phenoxy) is 1. The molecule has 5 rings (SSSR count). The van der Waals surface area contributed by atoms with Gasteiger partial charge in [0, 0.05) is 55.0 Å². The number of pyridine rings is 2. The lowest BCUT2D eigenvalue weighted by atomic mass is 10.1. The van der Waals surface area contributed by atoms with Gasteiger partial charge in [0.15, 0.2) is 0 Å². The van der Waals surface area contributed by atoms with Crippen LogP contribution in [0.3, 0.4) is 0 Å². The normalized spacial score (nSPS) is 14.5. The van der Waals surface area contributed by atoms with Gasteiger partial charge in [-0.3, -0.25) is 9.69 Å². The van der Waals surface area contributed by atoms with Gasteiger partial charge in [0.05, 0.1) is 18.5 Å². The summed E-state index contributed by atoms with van der Waals surface area (Å²) in [6, 6.07) is 18.0. The summed E-state index contributed by atoms with van der Waals surface area (Å²) in [7, 11) is 1.56. The molecular weight excluding hydrogens is 494 g/mol. The molecule has 0 unspecified atom stereocenters. The summed E-state index contributed by atoms with van der Waals surface area (Å²) in [5.41, 5.74) is 5.50. The Bertz CT molecular complexity index is 1330. The number of amides is 1. The topological polar surface area (TPSA) is 63.0 Å². The number of hydrogen-bond acceptors (Lipinski definition) is 5. The minimum Gasteiger partial charge on any atom is -0.481 e. The third-order valence-electron chi connectivity index (χ3n) is 6.26. The fourth-order valence-electron chi connectivity index (χ4n) is 4.35. The molecule has 8 heteroatoms. The van der Waals surface area contributed by atoms with Crippen molar-refractivity contribution >= 4 is 27.5 Å². The number of hydrogen-bond donors (Lipinski definition) is 0. The number of aromatic nitrogens is 3. The van der Waals surface area contributed by atoms with Gasteiger partial charge in [-0.2, -0.15) is 0 Å². The largest absolute Gasteiger partial charge is 0.481 e. The van der Waals surface area contributed by atoms with Crippen LogP contribution in [-0.4, -0.2) is 63.4 Å². The van der Waals surface area contributed by atoms with Gasteiger partial charge in [-0.1, -0.05) is 40.2 Å². The van der Waals surface area contributed by atoms with Crippen molar-refractivity contribution in [3.8, 4) is 17.1 Å². The lowest BCUT2D eigenvalue weighted by molar-refractivity contribution is 0.0619. The maximum absolute atomic E-state index is 13.1. The molecule has 0 radical (unpaired) electrons. The van der Waals surface area contributed by atoms with E-state index >= 15 is 0 Å². The Balaban J connectivity index is 1.34. The van der Waals surface area contributed by atoms with E-state index in [4.69, 9.17) is 9.72 Å². The molecule has 0 N–H and O–H groups in total. The van der Waals surface area contributed by atoms with E-state index in [9.17, 15) is 4.79 Å². The lowest BCUT2D eigenvalue weighted by Crippen LogP contribution is -2.48. The molecule has 4 heterocycles. The Morgan fingerprint density at radius 2 is 1.76 bits per heavy atom. The van der Waals surface area contributed by atoms with Crippen molar-refractivity contribution in [3.05, 3.63) is 82.2 Å². The number of carbonyl (C=O) groups excluding carboxylic acids is 1. The monoisotopic (exact) mass is 519 g/mol. The number of nitrogens with zero attached hydrogens (tertiary/aromatic N) is 5. The molecule has 1 fully saturated rings. The van der Waals surface area contributed by atoms with Crippen molar-refractivity contribution in [2.24, 2.45) is 0 Å².